The molecule has 2 heterocycles. The van der Waals surface area contributed by atoms with Crippen molar-refractivity contribution in [2.45, 2.75) is 0 Å². The van der Waals surface area contributed by atoms with Gasteiger partial charge < -0.3 is 5.32 Å². The average molecular weight is 284 g/mol. The van der Waals surface area contributed by atoms with Gasteiger partial charge in [-0.15, -0.1) is 11.3 Å². The van der Waals surface area contributed by atoms with Gasteiger partial charge in [-0.05, 0) is 0 Å². The van der Waals surface area contributed by atoms with E-state index in [1.807, 2.05) is 30.3 Å². The molecule has 20 heavy (non-hydrogen) atoms. The van der Waals surface area contributed by atoms with Crippen LogP contribution in [0.3, 0.4) is 0 Å². The molecule has 3 rings (SSSR count). The Morgan fingerprint density at radius 2 is 2.10 bits per heavy atom. The van der Waals surface area contributed by atoms with Crippen molar-refractivity contribution in [1.29, 1.82) is 0 Å². The minimum absolute atomic E-state index is 0.226. The zero-order chi connectivity index (χ0) is 13.9. The van der Waals surface area contributed by atoms with Crippen molar-refractivity contribution >= 4 is 22.9 Å². The molecular weight excluding hydrogens is 272 g/mol. The summed E-state index contributed by atoms with van der Waals surface area (Å²) in [5.41, 5.74) is 2.09. The van der Waals surface area contributed by atoms with E-state index in [9.17, 15) is 4.79 Å². The normalized spacial score (nSPS) is 10.4. The van der Waals surface area contributed by atoms with Crippen molar-refractivity contribution in [3.8, 4) is 10.6 Å². The summed E-state index contributed by atoms with van der Waals surface area (Å²) in [5.74, 6) is -0.226. The monoisotopic (exact) mass is 284 g/mol. The first kappa shape index (κ1) is 12.6. The lowest BCUT2D eigenvalue weighted by molar-refractivity contribution is 0.102. The number of carbonyl (C=O) groups excluding carboxylic acids is 1. The molecule has 3 aromatic rings. The van der Waals surface area contributed by atoms with E-state index >= 15 is 0 Å². The number of aromatic nitrogens is 3. The highest BCUT2D eigenvalue weighted by Crippen LogP contribution is 2.23. The summed E-state index contributed by atoms with van der Waals surface area (Å²) in [6.45, 7) is 0. The molecule has 100 valence electrons. The van der Waals surface area contributed by atoms with Crippen molar-refractivity contribution in [2.75, 3.05) is 5.32 Å². The highest BCUT2D eigenvalue weighted by Gasteiger charge is 2.12. The van der Waals surface area contributed by atoms with Gasteiger partial charge in [-0.25, -0.2) is 4.98 Å². The van der Waals surface area contributed by atoms with Crippen LogP contribution < -0.4 is 5.32 Å². The van der Waals surface area contributed by atoms with Gasteiger partial charge in [0, 0.05) is 24.2 Å². The van der Waals surface area contributed by atoms with Crippen molar-refractivity contribution in [3.63, 3.8) is 0 Å². The molecule has 0 aliphatic carbocycles. The molecule has 0 saturated heterocycles. The number of nitrogens with one attached hydrogen (secondary N) is 1. The molecule has 1 N–H and O–H groups in total. The van der Waals surface area contributed by atoms with E-state index in [1.54, 1.807) is 29.5 Å². The molecule has 2 aromatic heterocycles. The second kappa shape index (κ2) is 5.26. The standard InChI is InChI=1S/C14H12N4OS/c1-18-8-11(7-15-18)16-13(19)12-9-20-14(17-12)10-5-3-2-4-6-10/h2-9H,1H3,(H,16,19). The zero-order valence-corrected chi connectivity index (χ0v) is 11.6. The third-order valence-corrected chi connectivity index (χ3v) is 3.61. The Labute approximate surface area is 119 Å². The minimum atomic E-state index is -0.226. The van der Waals surface area contributed by atoms with E-state index in [0.717, 1.165) is 10.6 Å². The number of anilines is 1. The van der Waals surface area contributed by atoms with Crippen LogP contribution in [0.4, 0.5) is 5.69 Å². The highest BCUT2D eigenvalue weighted by atomic mass is 32.1. The Kier molecular flexibility index (Phi) is 3.30. The van der Waals surface area contributed by atoms with Gasteiger partial charge in [0.15, 0.2) is 0 Å². The van der Waals surface area contributed by atoms with Crippen molar-refractivity contribution in [3.05, 3.63) is 53.8 Å². The number of amides is 1. The first-order chi connectivity index (χ1) is 9.72. The second-order valence-electron chi connectivity index (χ2n) is 4.26. The lowest BCUT2D eigenvalue weighted by Gasteiger charge is -1.98. The van der Waals surface area contributed by atoms with Crippen LogP contribution in [0.1, 0.15) is 10.5 Å². The van der Waals surface area contributed by atoms with E-state index in [4.69, 9.17) is 0 Å². The quantitative estimate of drug-likeness (QED) is 0.804. The van der Waals surface area contributed by atoms with E-state index in [0.29, 0.717) is 11.4 Å². The summed E-state index contributed by atoms with van der Waals surface area (Å²) < 4.78 is 1.63. The van der Waals surface area contributed by atoms with E-state index < -0.39 is 0 Å². The number of rotatable bonds is 3. The van der Waals surface area contributed by atoms with Crippen LogP contribution >= 0.6 is 11.3 Å². The smallest absolute Gasteiger partial charge is 0.275 e. The third kappa shape index (κ3) is 2.60. The summed E-state index contributed by atoms with van der Waals surface area (Å²) in [5, 5.41) is 9.36. The highest BCUT2D eigenvalue weighted by molar-refractivity contribution is 7.13. The Morgan fingerprint density at radius 3 is 2.80 bits per heavy atom. The summed E-state index contributed by atoms with van der Waals surface area (Å²) in [7, 11) is 1.80. The molecule has 5 nitrogen and oxygen atoms in total. The lowest BCUT2D eigenvalue weighted by Crippen LogP contribution is -2.11. The van der Waals surface area contributed by atoms with E-state index in [1.165, 1.54) is 11.3 Å². The fraction of sp³-hybridized carbons (Fsp3) is 0.0714. The van der Waals surface area contributed by atoms with Gasteiger partial charge in [-0.2, -0.15) is 5.10 Å². The maximum atomic E-state index is 12.1. The predicted molar refractivity (Wildman–Crippen MR) is 78.7 cm³/mol. The molecule has 0 fully saturated rings. The van der Waals surface area contributed by atoms with E-state index in [2.05, 4.69) is 15.4 Å². The summed E-state index contributed by atoms with van der Waals surface area (Å²) in [4.78, 5) is 16.4. The van der Waals surface area contributed by atoms with Crippen LogP contribution in [0, 0.1) is 0 Å². The fourth-order valence-electron chi connectivity index (χ4n) is 1.77. The Morgan fingerprint density at radius 1 is 1.30 bits per heavy atom. The molecule has 6 heteroatoms. The van der Waals surface area contributed by atoms with Crippen LogP contribution in [-0.2, 0) is 7.05 Å². The van der Waals surface area contributed by atoms with Gasteiger partial charge in [0.05, 0.1) is 11.9 Å². The Bertz CT molecular complexity index is 732. The van der Waals surface area contributed by atoms with Gasteiger partial charge in [0.1, 0.15) is 10.7 Å². The second-order valence-corrected chi connectivity index (χ2v) is 5.12. The maximum absolute atomic E-state index is 12.1. The number of hydrogen-bond donors (Lipinski definition) is 1. The molecule has 0 atom stereocenters. The van der Waals surface area contributed by atoms with Crippen molar-refractivity contribution in [2.24, 2.45) is 7.05 Å². The van der Waals surface area contributed by atoms with Gasteiger partial charge in [-0.3, -0.25) is 9.48 Å². The Balaban J connectivity index is 1.78. The fourth-order valence-corrected chi connectivity index (χ4v) is 2.58. The predicted octanol–water partition coefficient (Wildman–Crippen LogP) is 2.80. The summed E-state index contributed by atoms with van der Waals surface area (Å²) >= 11 is 1.45. The molecule has 0 aliphatic heterocycles. The average Bonchev–Trinajstić information content (AvgIpc) is 3.09. The molecule has 0 aliphatic rings. The van der Waals surface area contributed by atoms with Crippen molar-refractivity contribution in [1.82, 2.24) is 14.8 Å². The Hall–Kier alpha value is -2.47. The molecule has 0 saturated carbocycles. The van der Waals surface area contributed by atoms with Crippen LogP contribution in [0.5, 0.6) is 0 Å². The zero-order valence-electron chi connectivity index (χ0n) is 10.8. The first-order valence-electron chi connectivity index (χ1n) is 6.03. The van der Waals surface area contributed by atoms with Gasteiger partial charge in [-0.1, -0.05) is 30.3 Å². The van der Waals surface area contributed by atoms with Gasteiger partial charge in [0.25, 0.3) is 5.91 Å². The minimum Gasteiger partial charge on any atom is -0.318 e. The van der Waals surface area contributed by atoms with E-state index in [-0.39, 0.29) is 5.91 Å². The summed E-state index contributed by atoms with van der Waals surface area (Å²) in [6.07, 6.45) is 3.34. The number of aryl methyl sites for hydroxylation is 1. The third-order valence-electron chi connectivity index (χ3n) is 2.72. The van der Waals surface area contributed by atoms with Crippen LogP contribution in [0.15, 0.2) is 48.1 Å². The van der Waals surface area contributed by atoms with Crippen LogP contribution in [-0.4, -0.2) is 20.7 Å². The molecule has 0 radical (unpaired) electrons. The summed E-state index contributed by atoms with van der Waals surface area (Å²) in [6, 6.07) is 9.80. The number of nitrogens with zero attached hydrogens (tertiary/aromatic N) is 3. The van der Waals surface area contributed by atoms with Crippen LogP contribution in [0.25, 0.3) is 10.6 Å². The SMILES string of the molecule is Cn1cc(NC(=O)c2csc(-c3ccccc3)n2)cn1. The topological polar surface area (TPSA) is 59.8 Å². The van der Waals surface area contributed by atoms with Gasteiger partial charge in [0.2, 0.25) is 0 Å². The molecule has 1 amide bonds. The lowest BCUT2D eigenvalue weighted by atomic mass is 10.2. The van der Waals surface area contributed by atoms with Crippen LogP contribution in [0.2, 0.25) is 0 Å². The van der Waals surface area contributed by atoms with Crippen molar-refractivity contribution < 1.29 is 4.79 Å². The molecule has 0 bridgehead atoms. The molecule has 0 spiro atoms. The molecular formula is C14H12N4OS. The number of benzene rings is 1. The molecule has 1 aromatic carbocycles. The number of carbonyl (C=O) groups is 1. The maximum Gasteiger partial charge on any atom is 0.275 e. The largest absolute Gasteiger partial charge is 0.318 e. The number of hydrogen-bond acceptors (Lipinski definition) is 4. The number of thiazole rings is 1. The molecule has 0 unspecified atom stereocenters. The van der Waals surface area contributed by atoms with Gasteiger partial charge >= 0.3 is 0 Å². The first-order valence-corrected chi connectivity index (χ1v) is 6.91.